The van der Waals surface area contributed by atoms with E-state index in [0.29, 0.717) is 38.5 Å². The van der Waals surface area contributed by atoms with Gasteiger partial charge in [-0.1, -0.05) is 80.1 Å². The zero-order valence-electron chi connectivity index (χ0n) is 31.6. The van der Waals surface area contributed by atoms with E-state index in [1.165, 1.54) is 0 Å². The second-order valence-electron chi connectivity index (χ2n) is 10.5. The van der Waals surface area contributed by atoms with Crippen LogP contribution in [0.25, 0.3) is 0 Å². The third-order valence-electron chi connectivity index (χ3n) is 6.11. The van der Waals surface area contributed by atoms with Crippen LogP contribution >= 0.6 is 15.6 Å². The molecule has 21 heteroatoms. The summed E-state index contributed by atoms with van der Waals surface area (Å²) in [6.45, 7) is 11.5. The Morgan fingerprint density at radius 3 is 0.860 bits per heavy atom. The molecule has 50 heavy (non-hydrogen) atoms. The van der Waals surface area contributed by atoms with Crippen molar-refractivity contribution in [2.24, 2.45) is 0 Å². The molecule has 2 atom stereocenters. The molecule has 0 radical (unpaired) electrons. The number of phosphoric ester groups is 2. The smallest absolute Gasteiger partial charge is 0.344 e. The van der Waals surface area contributed by atoms with Crippen molar-refractivity contribution < 1.29 is 109 Å². The van der Waals surface area contributed by atoms with E-state index in [-0.39, 0.29) is 90.9 Å². The Morgan fingerprint density at radius 2 is 0.680 bits per heavy atom. The molecule has 0 heterocycles. The van der Waals surface area contributed by atoms with Crippen LogP contribution in [-0.4, -0.2) is 80.7 Å². The molecule has 0 aromatic rings. The summed E-state index contributed by atoms with van der Waals surface area (Å²) in [6, 6.07) is 0. The second kappa shape index (κ2) is 35.2. The molecule has 0 aliphatic carbocycles. The number of hydrogen-bond donors (Lipinski definition) is 4. The van der Waals surface area contributed by atoms with E-state index in [0.717, 1.165) is 38.5 Å². The van der Waals surface area contributed by atoms with Crippen LogP contribution < -0.4 is 12.3 Å². The fourth-order valence-electron chi connectivity index (χ4n) is 3.31. The van der Waals surface area contributed by atoms with E-state index < -0.39 is 47.0 Å². The molecule has 0 aromatic heterocycles. The van der Waals surface area contributed by atoms with Gasteiger partial charge < -0.3 is 49.8 Å². The van der Waals surface area contributed by atoms with E-state index in [1.54, 1.807) is 0 Å². The summed E-state index contributed by atoms with van der Waals surface area (Å²) >= 11 is 0. The topological polar surface area (TPSA) is 254 Å². The van der Waals surface area contributed by atoms with Crippen LogP contribution in [0, 0.1) is 0 Å². The second-order valence-corrected chi connectivity index (χ2v) is 13.3. The molecule has 0 aliphatic heterocycles. The van der Waals surface area contributed by atoms with Gasteiger partial charge in [0.05, 0.1) is 39.6 Å². The Bertz CT molecular complexity index is 766. The summed E-state index contributed by atoms with van der Waals surface area (Å²) < 4.78 is 78.9. The number of rotatable bonds is 32. The van der Waals surface area contributed by atoms with Gasteiger partial charge in [0.2, 0.25) is 0 Å². The largest absolute Gasteiger partial charge is 0.532 e. The number of unbranched alkanes of at least 4 members (excludes halogenated alkanes) is 6. The normalized spacial score (nSPS) is 13.8. The molecule has 0 fully saturated rings. The molecule has 0 amide bonds. The predicted octanol–water partition coefficient (Wildman–Crippen LogP) is 7.90. The summed E-state index contributed by atoms with van der Waals surface area (Å²) in [5, 5.41) is 0. The van der Waals surface area contributed by atoms with Gasteiger partial charge in [-0.25, -0.2) is 13.9 Å². The van der Waals surface area contributed by atoms with Gasteiger partial charge in [-0.05, 0) is 38.5 Å². The molecule has 0 saturated carbocycles. The molecule has 0 bridgehead atoms. The van der Waals surface area contributed by atoms with Crippen molar-refractivity contribution in [3.8, 4) is 0 Å². The first-order chi connectivity index (χ1) is 21.9. The first-order valence-electron chi connectivity index (χ1n) is 16.6. The third-order valence-corrected chi connectivity index (χ3v) is 7.78. The minimum absolute atomic E-state index is 0. The Morgan fingerprint density at radius 1 is 0.480 bits per heavy atom. The maximum Gasteiger partial charge on any atom is 0.532 e. The summed E-state index contributed by atoms with van der Waals surface area (Å²) in [6.07, 6.45) is 6.75. The zero-order valence-corrected chi connectivity index (χ0v) is 39.3. The fourth-order valence-corrected chi connectivity index (χ4v) is 4.57. The number of carbonyl (C=O) groups excluding carboxylic acids is 1. The van der Waals surface area contributed by atoms with Gasteiger partial charge in [-0.3, -0.25) is 18.8 Å². The van der Waals surface area contributed by atoms with Crippen LogP contribution in [0.1, 0.15) is 119 Å². The average Bonchev–Trinajstić information content (AvgIpc) is 2.99. The van der Waals surface area contributed by atoms with E-state index >= 15 is 0 Å². The van der Waals surface area contributed by atoms with Gasteiger partial charge in [-0.15, -0.1) is 0 Å². The maximum atomic E-state index is 12.7. The molecule has 0 aliphatic rings. The Hall–Kier alpha value is 0.497. The zero-order chi connectivity index (χ0) is 34.8. The summed E-state index contributed by atoms with van der Waals surface area (Å²) in [4.78, 5) is 32.8. The van der Waals surface area contributed by atoms with Crippen molar-refractivity contribution in [3.63, 3.8) is 0 Å². The van der Waals surface area contributed by atoms with Gasteiger partial charge >= 0.3 is 33.7 Å². The minimum Gasteiger partial charge on any atom is -0.344 e. The molecular formula is C29H66N2O15P2Zn2. The SMILES string of the molecule is CCCCOC(COP(=O)(O)OC(=O)OP(=O)(O)OCC(OCCCC)(OCCCC)OCCCC)(OCCCC)OCCCC.N.N.[Zn].[Zn]. The molecule has 0 spiro atoms. The van der Waals surface area contributed by atoms with Crippen LogP contribution in [0.15, 0.2) is 0 Å². The fraction of sp³-hybridized carbons (Fsp3) is 0.966. The van der Waals surface area contributed by atoms with Crippen LogP contribution in [0.3, 0.4) is 0 Å². The Labute approximate surface area is 325 Å². The van der Waals surface area contributed by atoms with E-state index in [4.69, 9.17) is 37.5 Å². The first kappa shape index (κ1) is 59.8. The van der Waals surface area contributed by atoms with Crippen molar-refractivity contribution in [2.75, 3.05) is 52.9 Å². The standard InChI is InChI=1S/C29H60O15P2.2H3N.2Zn/c1-7-13-19-35-28(36-20-14-8-2,37-21-15-9-3)25-41-45(31,32)43-27(30)44-46(33,34)42-26-29(38-22-16-10-4,39-23-17-11-5)40-24-18-12-6;;;;/h7-26H2,1-6H3,(H,31,32)(H,33,34);2*1H3;;. The maximum absolute atomic E-state index is 12.7. The van der Waals surface area contributed by atoms with Crippen LogP contribution in [0.4, 0.5) is 4.79 Å². The molecule has 2 unspecified atom stereocenters. The number of hydrogen-bond acceptors (Lipinski definition) is 15. The molecule has 0 aromatic carbocycles. The Kier molecular flexibility index (Phi) is 42.1. The van der Waals surface area contributed by atoms with Crippen LogP contribution in [0.2, 0.25) is 0 Å². The van der Waals surface area contributed by atoms with E-state index in [9.17, 15) is 23.7 Å². The van der Waals surface area contributed by atoms with Crippen molar-refractivity contribution in [2.45, 2.75) is 131 Å². The van der Waals surface area contributed by atoms with Crippen LogP contribution in [-0.2, 0) is 94.6 Å². The molecule has 0 rings (SSSR count). The van der Waals surface area contributed by atoms with Gasteiger partial charge in [0.1, 0.15) is 13.2 Å². The molecule has 0 saturated heterocycles. The van der Waals surface area contributed by atoms with Gasteiger partial charge in [0, 0.05) is 39.0 Å². The van der Waals surface area contributed by atoms with Crippen molar-refractivity contribution in [1.82, 2.24) is 12.3 Å². The molecule has 17 nitrogen and oxygen atoms in total. The molecular weight excluding hydrogens is 809 g/mol. The minimum atomic E-state index is -5.23. The van der Waals surface area contributed by atoms with Crippen LogP contribution in [0.5, 0.6) is 0 Å². The van der Waals surface area contributed by atoms with Gasteiger partial charge in [0.25, 0.3) is 0 Å². The van der Waals surface area contributed by atoms with E-state index in [1.807, 2.05) is 41.5 Å². The van der Waals surface area contributed by atoms with Gasteiger partial charge in [-0.2, -0.15) is 0 Å². The third kappa shape index (κ3) is 29.9. The van der Waals surface area contributed by atoms with Crippen molar-refractivity contribution >= 4 is 21.8 Å². The Balaban J connectivity index is -0.00000169. The summed E-state index contributed by atoms with van der Waals surface area (Å²) in [5.74, 6) is -3.70. The summed E-state index contributed by atoms with van der Waals surface area (Å²) in [7, 11) is -10.5. The van der Waals surface area contributed by atoms with E-state index in [2.05, 4.69) is 9.05 Å². The molecule has 8 N–H and O–H groups in total. The van der Waals surface area contributed by atoms with Crippen molar-refractivity contribution in [1.29, 1.82) is 0 Å². The predicted molar refractivity (Wildman–Crippen MR) is 180 cm³/mol. The quantitative estimate of drug-likeness (QED) is 0.0217. The van der Waals surface area contributed by atoms with Gasteiger partial charge in [0.15, 0.2) is 0 Å². The number of phosphoric acid groups is 2. The number of carbonyl (C=O) groups is 1. The average molecular weight is 876 g/mol. The van der Waals surface area contributed by atoms with Crippen molar-refractivity contribution in [3.05, 3.63) is 0 Å². The molecule has 296 valence electrons. The first-order valence-corrected chi connectivity index (χ1v) is 19.6. The summed E-state index contributed by atoms with van der Waals surface area (Å²) in [5.41, 5.74) is 0. The number of ether oxygens (including phenoxy) is 6. The monoisotopic (exact) mass is 872 g/mol.